The molecule has 0 amide bonds. The molecule has 0 atom stereocenters. The van der Waals surface area contributed by atoms with Gasteiger partial charge in [-0.25, -0.2) is 0 Å². The van der Waals surface area contributed by atoms with Crippen LogP contribution in [0.1, 0.15) is 13.3 Å². The average Bonchev–Trinajstić information content (AvgIpc) is 2.15. The Labute approximate surface area is 71.5 Å². The van der Waals surface area contributed by atoms with Crippen LogP contribution < -0.4 is 9.47 Å². The Bertz CT molecular complexity index is 223. The first kappa shape index (κ1) is 8.77. The molecule has 0 fully saturated rings. The molecule has 4 heteroatoms. The predicted molar refractivity (Wildman–Crippen MR) is 44.4 cm³/mol. The van der Waals surface area contributed by atoms with Gasteiger partial charge in [-0.2, -0.15) is 0 Å². The first-order valence-electron chi connectivity index (χ1n) is 3.87. The van der Waals surface area contributed by atoms with E-state index < -0.39 is 0 Å². The number of hydrogen-bond donors (Lipinski definition) is 0. The Morgan fingerprint density at radius 1 is 1.25 bits per heavy atom. The van der Waals surface area contributed by atoms with E-state index in [9.17, 15) is 0 Å². The average molecular weight is 168 g/mol. The number of ether oxygens (including phenoxy) is 2. The van der Waals surface area contributed by atoms with Crippen molar-refractivity contribution in [3.8, 4) is 11.8 Å². The lowest BCUT2D eigenvalue weighted by Gasteiger charge is -2.02. The third-order valence-electron chi connectivity index (χ3n) is 1.28. The number of aromatic nitrogens is 2. The Hall–Kier alpha value is -1.32. The highest BCUT2D eigenvalue weighted by Gasteiger charge is 1.96. The molecule has 0 aliphatic rings. The SMILES string of the molecule is CCCOc1ccc(OC)nn1. The van der Waals surface area contributed by atoms with Gasteiger partial charge in [0.15, 0.2) is 0 Å². The van der Waals surface area contributed by atoms with Gasteiger partial charge in [0, 0.05) is 12.1 Å². The zero-order valence-electron chi connectivity index (χ0n) is 7.28. The maximum atomic E-state index is 5.23. The summed E-state index contributed by atoms with van der Waals surface area (Å²) >= 11 is 0. The van der Waals surface area contributed by atoms with Gasteiger partial charge in [0.25, 0.3) is 0 Å². The lowest BCUT2D eigenvalue weighted by molar-refractivity contribution is 0.297. The van der Waals surface area contributed by atoms with Crippen molar-refractivity contribution < 1.29 is 9.47 Å². The summed E-state index contributed by atoms with van der Waals surface area (Å²) in [5, 5.41) is 7.54. The Kier molecular flexibility index (Phi) is 3.32. The minimum absolute atomic E-state index is 0.499. The van der Waals surface area contributed by atoms with Gasteiger partial charge < -0.3 is 9.47 Å². The molecule has 1 aromatic rings. The molecule has 0 aliphatic heterocycles. The smallest absolute Gasteiger partial charge is 0.233 e. The molecule has 1 heterocycles. The number of rotatable bonds is 4. The molecular weight excluding hydrogens is 156 g/mol. The third-order valence-corrected chi connectivity index (χ3v) is 1.28. The second-order valence-corrected chi connectivity index (χ2v) is 2.26. The molecule has 1 rings (SSSR count). The van der Waals surface area contributed by atoms with Crippen LogP contribution in [-0.2, 0) is 0 Å². The van der Waals surface area contributed by atoms with Gasteiger partial charge in [0.1, 0.15) is 0 Å². The standard InChI is InChI=1S/C8H12N2O2/c1-3-6-12-8-5-4-7(11-2)9-10-8/h4-5H,3,6H2,1-2H3. The van der Waals surface area contributed by atoms with E-state index in [2.05, 4.69) is 10.2 Å². The van der Waals surface area contributed by atoms with Crippen LogP contribution in [0.2, 0.25) is 0 Å². The third kappa shape index (κ3) is 2.38. The zero-order valence-corrected chi connectivity index (χ0v) is 7.28. The fraction of sp³-hybridized carbons (Fsp3) is 0.500. The van der Waals surface area contributed by atoms with E-state index in [1.165, 1.54) is 0 Å². The van der Waals surface area contributed by atoms with E-state index in [0.29, 0.717) is 18.4 Å². The van der Waals surface area contributed by atoms with Crippen LogP contribution in [0.4, 0.5) is 0 Å². The monoisotopic (exact) mass is 168 g/mol. The van der Waals surface area contributed by atoms with Crippen LogP contribution in [0.25, 0.3) is 0 Å². The Balaban J connectivity index is 2.53. The molecule has 12 heavy (non-hydrogen) atoms. The van der Waals surface area contributed by atoms with Crippen molar-refractivity contribution >= 4 is 0 Å². The minimum atomic E-state index is 0.499. The number of nitrogens with zero attached hydrogens (tertiary/aromatic N) is 2. The summed E-state index contributed by atoms with van der Waals surface area (Å²) < 4.78 is 10.1. The number of methoxy groups -OCH3 is 1. The highest BCUT2D eigenvalue weighted by Crippen LogP contribution is 2.09. The molecule has 0 saturated heterocycles. The van der Waals surface area contributed by atoms with Crippen LogP contribution >= 0.6 is 0 Å². The Morgan fingerprint density at radius 3 is 2.42 bits per heavy atom. The van der Waals surface area contributed by atoms with Gasteiger partial charge in [-0.1, -0.05) is 6.92 Å². The molecular formula is C8H12N2O2. The molecule has 0 aliphatic carbocycles. The van der Waals surface area contributed by atoms with Gasteiger partial charge in [0.05, 0.1) is 13.7 Å². The molecule has 0 aromatic carbocycles. The van der Waals surface area contributed by atoms with E-state index >= 15 is 0 Å². The fourth-order valence-electron chi connectivity index (χ4n) is 0.700. The van der Waals surface area contributed by atoms with E-state index in [-0.39, 0.29) is 0 Å². The largest absolute Gasteiger partial charge is 0.480 e. The molecule has 0 bridgehead atoms. The summed E-state index contributed by atoms with van der Waals surface area (Å²) in [6.45, 7) is 2.71. The minimum Gasteiger partial charge on any atom is -0.480 e. The first-order valence-corrected chi connectivity index (χ1v) is 3.87. The molecule has 0 saturated carbocycles. The summed E-state index contributed by atoms with van der Waals surface area (Å²) in [5.74, 6) is 1.04. The maximum absolute atomic E-state index is 5.23. The van der Waals surface area contributed by atoms with E-state index in [4.69, 9.17) is 9.47 Å². The topological polar surface area (TPSA) is 44.2 Å². The summed E-state index contributed by atoms with van der Waals surface area (Å²) in [7, 11) is 1.55. The van der Waals surface area contributed by atoms with E-state index in [1.54, 1.807) is 19.2 Å². The molecule has 66 valence electrons. The van der Waals surface area contributed by atoms with Crippen molar-refractivity contribution in [2.75, 3.05) is 13.7 Å². The highest BCUT2D eigenvalue weighted by atomic mass is 16.5. The highest BCUT2D eigenvalue weighted by molar-refractivity contribution is 5.14. The normalized spacial score (nSPS) is 9.50. The Morgan fingerprint density at radius 2 is 1.92 bits per heavy atom. The van der Waals surface area contributed by atoms with Gasteiger partial charge in [-0.05, 0) is 6.42 Å². The second-order valence-electron chi connectivity index (χ2n) is 2.26. The van der Waals surface area contributed by atoms with Crippen LogP contribution in [0.5, 0.6) is 11.8 Å². The fourth-order valence-corrected chi connectivity index (χ4v) is 0.700. The summed E-state index contributed by atoms with van der Waals surface area (Å²) in [6.07, 6.45) is 0.966. The van der Waals surface area contributed by atoms with Crippen molar-refractivity contribution in [1.82, 2.24) is 10.2 Å². The molecule has 0 spiro atoms. The lowest BCUT2D eigenvalue weighted by Crippen LogP contribution is -1.98. The van der Waals surface area contributed by atoms with Crippen molar-refractivity contribution in [1.29, 1.82) is 0 Å². The quantitative estimate of drug-likeness (QED) is 0.679. The number of hydrogen-bond acceptors (Lipinski definition) is 4. The summed E-state index contributed by atoms with van der Waals surface area (Å²) in [5.41, 5.74) is 0. The molecule has 0 radical (unpaired) electrons. The van der Waals surface area contributed by atoms with Gasteiger partial charge in [-0.15, -0.1) is 10.2 Å². The van der Waals surface area contributed by atoms with Crippen molar-refractivity contribution in [2.45, 2.75) is 13.3 Å². The lowest BCUT2D eigenvalue weighted by atomic mass is 10.5. The van der Waals surface area contributed by atoms with Crippen molar-refractivity contribution in [3.63, 3.8) is 0 Å². The molecule has 0 unspecified atom stereocenters. The van der Waals surface area contributed by atoms with Crippen molar-refractivity contribution in [2.24, 2.45) is 0 Å². The maximum Gasteiger partial charge on any atom is 0.233 e. The molecule has 4 nitrogen and oxygen atoms in total. The summed E-state index contributed by atoms with van der Waals surface area (Å²) in [4.78, 5) is 0. The summed E-state index contributed by atoms with van der Waals surface area (Å²) in [6, 6.07) is 3.46. The van der Waals surface area contributed by atoms with Crippen molar-refractivity contribution in [3.05, 3.63) is 12.1 Å². The van der Waals surface area contributed by atoms with Gasteiger partial charge >= 0.3 is 0 Å². The van der Waals surface area contributed by atoms with Crippen LogP contribution in [-0.4, -0.2) is 23.9 Å². The van der Waals surface area contributed by atoms with Crippen LogP contribution in [0.3, 0.4) is 0 Å². The molecule has 0 N–H and O–H groups in total. The van der Waals surface area contributed by atoms with E-state index in [0.717, 1.165) is 6.42 Å². The predicted octanol–water partition coefficient (Wildman–Crippen LogP) is 1.27. The van der Waals surface area contributed by atoms with E-state index in [1.807, 2.05) is 6.92 Å². The molecule has 1 aromatic heterocycles. The second kappa shape index (κ2) is 4.54. The van der Waals surface area contributed by atoms with Crippen LogP contribution in [0.15, 0.2) is 12.1 Å². The van der Waals surface area contributed by atoms with Gasteiger partial charge in [-0.3, -0.25) is 0 Å². The first-order chi connectivity index (χ1) is 5.86. The van der Waals surface area contributed by atoms with Crippen LogP contribution in [0, 0.1) is 0 Å². The van der Waals surface area contributed by atoms with Gasteiger partial charge in [0.2, 0.25) is 11.8 Å². The zero-order chi connectivity index (χ0) is 8.81.